The van der Waals surface area contributed by atoms with Gasteiger partial charge in [0.25, 0.3) is 0 Å². The lowest BCUT2D eigenvalue weighted by molar-refractivity contribution is 0.237. The van der Waals surface area contributed by atoms with Gasteiger partial charge in [0.1, 0.15) is 11.5 Å². The second-order valence-electron chi connectivity index (χ2n) is 6.96. The second kappa shape index (κ2) is 5.08. The molecule has 0 amide bonds. The van der Waals surface area contributed by atoms with Crippen molar-refractivity contribution in [2.24, 2.45) is 0 Å². The normalized spacial score (nSPS) is 20.9. The van der Waals surface area contributed by atoms with Gasteiger partial charge in [0.2, 0.25) is 0 Å². The molecule has 2 aromatic heterocycles. The molecule has 2 aliphatic rings. The summed E-state index contributed by atoms with van der Waals surface area (Å²) < 4.78 is 0. The average Bonchev–Trinajstić information content (AvgIpc) is 3.00. The van der Waals surface area contributed by atoms with Crippen LogP contribution in [0.1, 0.15) is 19.4 Å². The number of benzene rings is 1. The summed E-state index contributed by atoms with van der Waals surface area (Å²) in [7, 11) is 0. The molecule has 2 aliphatic heterocycles. The number of nitrogens with one attached hydrogen (secondary N) is 1. The van der Waals surface area contributed by atoms with E-state index in [1.165, 1.54) is 11.1 Å². The van der Waals surface area contributed by atoms with Crippen LogP contribution >= 0.6 is 0 Å². The van der Waals surface area contributed by atoms with Gasteiger partial charge in [-0.25, -0.2) is 9.97 Å². The van der Waals surface area contributed by atoms with Crippen LogP contribution in [0.4, 0.5) is 5.82 Å². The highest BCUT2D eigenvalue weighted by Crippen LogP contribution is 2.37. The van der Waals surface area contributed by atoms with E-state index in [4.69, 9.17) is 10.7 Å². The zero-order valence-electron chi connectivity index (χ0n) is 14.7. The topological polar surface area (TPSA) is 67.1 Å². The Morgan fingerprint density at radius 2 is 1.96 bits per heavy atom. The van der Waals surface area contributed by atoms with Crippen LogP contribution in [0.5, 0.6) is 0 Å². The maximum Gasteiger partial charge on any atom is 0.137 e. The van der Waals surface area contributed by atoms with Gasteiger partial charge in [0.15, 0.2) is 0 Å². The molecule has 0 bridgehead atoms. The van der Waals surface area contributed by atoms with Gasteiger partial charge < -0.3 is 16.0 Å². The van der Waals surface area contributed by atoms with Crippen LogP contribution < -0.4 is 21.6 Å². The van der Waals surface area contributed by atoms with E-state index in [1.54, 1.807) is 6.20 Å². The van der Waals surface area contributed by atoms with Crippen LogP contribution in [-0.4, -0.2) is 14.9 Å². The van der Waals surface area contributed by atoms with Gasteiger partial charge in [0, 0.05) is 35.3 Å². The monoisotopic (exact) mass is 341 g/mol. The highest BCUT2D eigenvalue weighted by molar-refractivity contribution is 5.81. The fraction of sp³-hybridized carbons (Fsp3) is 0.143. The van der Waals surface area contributed by atoms with E-state index >= 15 is 0 Å². The minimum absolute atomic E-state index is 0.344. The largest absolute Gasteiger partial charge is 0.384 e. The van der Waals surface area contributed by atoms with Crippen LogP contribution in [0.15, 0.2) is 60.6 Å². The standard InChI is InChI=1S/C21H19N5/c1-13-16-8-14-10-23-20(22)9-17(14)25-18(16)12-26-19(13)11-24-21(26,2)15-6-4-3-5-7-15/h3-12,24H,22H2,1-2H3. The van der Waals surface area contributed by atoms with Crippen molar-refractivity contribution >= 4 is 28.5 Å². The molecule has 5 heteroatoms. The van der Waals surface area contributed by atoms with Crippen LogP contribution in [0.25, 0.3) is 22.7 Å². The molecule has 1 unspecified atom stereocenters. The quantitative estimate of drug-likeness (QED) is 0.706. The van der Waals surface area contributed by atoms with E-state index < -0.39 is 0 Å². The number of nitrogens with two attached hydrogens (primary N) is 1. The first-order chi connectivity index (χ1) is 12.6. The van der Waals surface area contributed by atoms with E-state index in [0.717, 1.165) is 27.2 Å². The second-order valence-corrected chi connectivity index (χ2v) is 6.96. The third kappa shape index (κ3) is 1.97. The van der Waals surface area contributed by atoms with Crippen molar-refractivity contribution in [2.45, 2.75) is 19.5 Å². The van der Waals surface area contributed by atoms with Crippen molar-refractivity contribution in [3.63, 3.8) is 0 Å². The Morgan fingerprint density at radius 1 is 1.15 bits per heavy atom. The van der Waals surface area contributed by atoms with Gasteiger partial charge in [-0.1, -0.05) is 30.3 Å². The molecule has 0 spiro atoms. The van der Waals surface area contributed by atoms with Gasteiger partial charge in [-0.2, -0.15) is 0 Å². The van der Waals surface area contributed by atoms with Crippen molar-refractivity contribution in [1.29, 1.82) is 0 Å². The molecule has 3 N–H and O–H groups in total. The summed E-state index contributed by atoms with van der Waals surface area (Å²) in [5, 5.41) is 6.63. The molecule has 5 nitrogen and oxygen atoms in total. The van der Waals surface area contributed by atoms with Crippen LogP contribution in [-0.2, 0) is 5.66 Å². The Bertz CT molecular complexity index is 1200. The van der Waals surface area contributed by atoms with Crippen LogP contribution in [0.2, 0.25) is 0 Å². The van der Waals surface area contributed by atoms with E-state index in [0.29, 0.717) is 5.82 Å². The SMILES string of the molecule is CC1=c2cc3cnc(N)cc3nc2=CN2C1=CNC2(C)c1ccccc1. The minimum Gasteiger partial charge on any atom is -0.384 e. The Balaban J connectivity index is 1.76. The Kier molecular flexibility index (Phi) is 2.92. The molecule has 4 heterocycles. The molecule has 0 saturated carbocycles. The molecule has 0 saturated heterocycles. The zero-order valence-corrected chi connectivity index (χ0v) is 14.7. The van der Waals surface area contributed by atoms with Gasteiger partial charge >= 0.3 is 0 Å². The average molecular weight is 341 g/mol. The van der Waals surface area contributed by atoms with Gasteiger partial charge in [-0.15, -0.1) is 0 Å². The van der Waals surface area contributed by atoms with E-state index in [1.807, 2.05) is 12.1 Å². The summed E-state index contributed by atoms with van der Waals surface area (Å²) in [5.74, 6) is 0.485. The van der Waals surface area contributed by atoms with E-state index in [2.05, 4.69) is 71.8 Å². The lowest BCUT2D eigenvalue weighted by Gasteiger charge is -2.38. The molecule has 1 atom stereocenters. The number of fused-ring (bicyclic) bond motifs is 3. The smallest absolute Gasteiger partial charge is 0.137 e. The summed E-state index contributed by atoms with van der Waals surface area (Å²) in [6.45, 7) is 4.32. The summed E-state index contributed by atoms with van der Waals surface area (Å²) >= 11 is 0. The van der Waals surface area contributed by atoms with Crippen molar-refractivity contribution in [2.75, 3.05) is 5.73 Å². The fourth-order valence-electron chi connectivity index (χ4n) is 3.82. The highest BCUT2D eigenvalue weighted by Gasteiger charge is 2.39. The van der Waals surface area contributed by atoms with Gasteiger partial charge in [-0.05, 0) is 31.1 Å². The van der Waals surface area contributed by atoms with Gasteiger partial charge in [0.05, 0.1) is 16.6 Å². The number of hydrogen-bond donors (Lipinski definition) is 2. The summed E-state index contributed by atoms with van der Waals surface area (Å²) in [6, 6.07) is 14.4. The molecule has 5 rings (SSSR count). The Hall–Kier alpha value is -3.34. The molecule has 0 radical (unpaired) electrons. The summed E-state index contributed by atoms with van der Waals surface area (Å²) in [6.07, 6.45) is 6.00. The van der Waals surface area contributed by atoms with Crippen molar-refractivity contribution in [3.8, 4) is 0 Å². The predicted octanol–water partition coefficient (Wildman–Crippen LogP) is 1.75. The number of hydrogen-bond acceptors (Lipinski definition) is 5. The maximum absolute atomic E-state index is 5.84. The number of nitrogen functional groups attached to an aromatic ring is 1. The molecule has 0 aliphatic carbocycles. The van der Waals surface area contributed by atoms with Crippen molar-refractivity contribution in [1.82, 2.24) is 20.2 Å². The molecular weight excluding hydrogens is 322 g/mol. The van der Waals surface area contributed by atoms with Crippen LogP contribution in [0, 0.1) is 0 Å². The van der Waals surface area contributed by atoms with Crippen LogP contribution in [0.3, 0.4) is 0 Å². The number of pyridine rings is 2. The molecule has 128 valence electrons. The zero-order chi connectivity index (χ0) is 17.9. The Labute approximate surface area is 151 Å². The summed E-state index contributed by atoms with van der Waals surface area (Å²) in [4.78, 5) is 11.3. The van der Waals surface area contributed by atoms with E-state index in [-0.39, 0.29) is 5.66 Å². The van der Waals surface area contributed by atoms with Crippen molar-refractivity contribution in [3.05, 3.63) is 76.7 Å². The first-order valence-corrected chi connectivity index (χ1v) is 8.64. The number of nitrogens with zero attached hydrogens (tertiary/aromatic N) is 3. The fourth-order valence-corrected chi connectivity index (χ4v) is 3.82. The molecular formula is C21H19N5. The number of anilines is 1. The minimum atomic E-state index is -0.344. The molecule has 26 heavy (non-hydrogen) atoms. The van der Waals surface area contributed by atoms with Gasteiger partial charge in [-0.3, -0.25) is 0 Å². The molecule has 3 aromatic rings. The summed E-state index contributed by atoms with van der Waals surface area (Å²) in [5.41, 5.74) is 9.91. The maximum atomic E-state index is 5.84. The lowest BCUT2D eigenvalue weighted by Crippen LogP contribution is -2.48. The molecule has 0 fully saturated rings. The third-order valence-electron chi connectivity index (χ3n) is 5.36. The van der Waals surface area contributed by atoms with Crippen molar-refractivity contribution < 1.29 is 0 Å². The first-order valence-electron chi connectivity index (χ1n) is 8.64. The molecule has 1 aromatic carbocycles. The number of aromatic nitrogens is 2. The first kappa shape index (κ1) is 15.0. The third-order valence-corrected chi connectivity index (χ3v) is 5.36. The van der Waals surface area contributed by atoms with E-state index in [9.17, 15) is 0 Å². The number of allylic oxidation sites excluding steroid dienone is 1. The number of rotatable bonds is 1. The highest BCUT2D eigenvalue weighted by atomic mass is 15.4. The Morgan fingerprint density at radius 3 is 2.77 bits per heavy atom. The predicted molar refractivity (Wildman–Crippen MR) is 104 cm³/mol. The lowest BCUT2D eigenvalue weighted by atomic mass is 9.98.